The van der Waals surface area contributed by atoms with E-state index >= 15 is 0 Å². The smallest absolute Gasteiger partial charge is 0.120 e. The van der Waals surface area contributed by atoms with Gasteiger partial charge in [-0.15, -0.1) is 0 Å². The van der Waals surface area contributed by atoms with Crippen molar-refractivity contribution in [2.45, 2.75) is 25.7 Å². The molecule has 3 rings (SSSR count). The van der Waals surface area contributed by atoms with Crippen LogP contribution in [0.15, 0.2) is 18.2 Å². The first-order chi connectivity index (χ1) is 9.14. The van der Waals surface area contributed by atoms with Gasteiger partial charge in [0.15, 0.2) is 0 Å². The minimum Gasteiger partial charge on any atom is -0.497 e. The lowest BCUT2D eigenvalue weighted by atomic mass is 10.0. The molecule has 2 aliphatic rings. The van der Waals surface area contributed by atoms with E-state index in [-0.39, 0.29) is 0 Å². The zero-order valence-electron chi connectivity index (χ0n) is 11.2. The maximum absolute atomic E-state index is 5.78. The lowest BCUT2D eigenvalue weighted by molar-refractivity contribution is 0.415. The fraction of sp³-hybridized carbons (Fsp3) is 0.533. The molecule has 3 nitrogen and oxygen atoms in total. The normalized spacial score (nSPS) is 19.8. The molecule has 0 bridgehead atoms. The Morgan fingerprint density at radius 2 is 2.21 bits per heavy atom. The summed E-state index contributed by atoms with van der Waals surface area (Å²) in [6, 6.07) is 5.81. The lowest BCUT2D eigenvalue weighted by Crippen LogP contribution is -2.20. The van der Waals surface area contributed by atoms with Gasteiger partial charge in [-0.2, -0.15) is 0 Å². The number of rotatable bonds is 6. The van der Waals surface area contributed by atoms with Crippen molar-refractivity contribution in [3.05, 3.63) is 23.8 Å². The molecule has 1 aromatic rings. The number of anilines is 1. The molecule has 0 radical (unpaired) electrons. The number of benzene rings is 1. The van der Waals surface area contributed by atoms with E-state index in [0.29, 0.717) is 10.4 Å². The molecule has 2 fully saturated rings. The summed E-state index contributed by atoms with van der Waals surface area (Å²) in [6.07, 6.45) is 5.53. The van der Waals surface area contributed by atoms with E-state index in [0.717, 1.165) is 29.5 Å². The molecule has 0 unspecified atom stereocenters. The van der Waals surface area contributed by atoms with Gasteiger partial charge in [0.05, 0.1) is 7.11 Å². The first kappa shape index (κ1) is 12.7. The highest BCUT2D eigenvalue weighted by atomic mass is 32.1. The number of thiocarbonyl (C=S) groups is 1. The van der Waals surface area contributed by atoms with Crippen LogP contribution >= 0.6 is 12.2 Å². The summed E-state index contributed by atoms with van der Waals surface area (Å²) < 4.78 is 5.27. The summed E-state index contributed by atoms with van der Waals surface area (Å²) in [5, 5.41) is 3.55. The van der Waals surface area contributed by atoms with Crippen LogP contribution in [-0.4, -0.2) is 18.6 Å². The summed E-state index contributed by atoms with van der Waals surface area (Å²) >= 11 is 5.11. The van der Waals surface area contributed by atoms with Crippen LogP contribution in [0.3, 0.4) is 0 Å². The molecule has 4 heteroatoms. The van der Waals surface area contributed by atoms with Gasteiger partial charge in [-0.3, -0.25) is 0 Å². The second-order valence-corrected chi connectivity index (χ2v) is 6.21. The predicted octanol–water partition coefficient (Wildman–Crippen LogP) is 2.93. The van der Waals surface area contributed by atoms with Crippen LogP contribution in [0.1, 0.15) is 31.2 Å². The molecule has 0 saturated heterocycles. The number of nitrogens with two attached hydrogens (primary N) is 1. The fourth-order valence-electron chi connectivity index (χ4n) is 2.87. The van der Waals surface area contributed by atoms with Crippen LogP contribution in [0.5, 0.6) is 5.75 Å². The Hall–Kier alpha value is -1.29. The molecular weight excluding hydrogens is 256 g/mol. The van der Waals surface area contributed by atoms with E-state index in [2.05, 4.69) is 5.32 Å². The Bertz CT molecular complexity index is 507. The highest BCUT2D eigenvalue weighted by molar-refractivity contribution is 7.80. The largest absolute Gasteiger partial charge is 0.497 e. The Kier molecular flexibility index (Phi) is 3.13. The van der Waals surface area contributed by atoms with Gasteiger partial charge in [-0.25, -0.2) is 0 Å². The molecular formula is C15H20N2OS. The lowest BCUT2D eigenvalue weighted by Gasteiger charge is -2.18. The van der Waals surface area contributed by atoms with Gasteiger partial charge >= 0.3 is 0 Å². The first-order valence-electron chi connectivity index (χ1n) is 6.86. The third kappa shape index (κ3) is 2.54. The average molecular weight is 276 g/mol. The molecule has 2 aliphatic carbocycles. The van der Waals surface area contributed by atoms with Gasteiger partial charge in [0, 0.05) is 23.9 Å². The number of nitrogens with one attached hydrogen (secondary N) is 1. The average Bonchev–Trinajstić information content (AvgIpc) is 3.28. The highest BCUT2D eigenvalue weighted by Crippen LogP contribution is 2.61. The van der Waals surface area contributed by atoms with E-state index in [1.54, 1.807) is 7.11 Å². The molecule has 1 aromatic carbocycles. The van der Waals surface area contributed by atoms with Crippen LogP contribution in [0.25, 0.3) is 0 Å². The minimum absolute atomic E-state index is 0.432. The molecule has 0 amide bonds. The molecule has 3 N–H and O–H groups in total. The second-order valence-electron chi connectivity index (χ2n) is 5.77. The number of ether oxygens (including phenoxy) is 1. The standard InChI is InChI=1S/C15H20N2OS/c1-18-11-4-5-12(14(16)19)13(8-11)17-9-15(6-7-15)10-2-3-10/h4-5,8,10,17H,2-3,6-7,9H2,1H3,(H2,16,19). The fourth-order valence-corrected chi connectivity index (χ4v) is 3.05. The van der Waals surface area contributed by atoms with Crippen molar-refractivity contribution >= 4 is 22.9 Å². The first-order valence-corrected chi connectivity index (χ1v) is 7.27. The minimum atomic E-state index is 0.432. The third-order valence-electron chi connectivity index (χ3n) is 4.46. The maximum Gasteiger partial charge on any atom is 0.120 e. The van der Waals surface area contributed by atoms with Gasteiger partial charge < -0.3 is 15.8 Å². The van der Waals surface area contributed by atoms with Crippen LogP contribution in [-0.2, 0) is 0 Å². The van der Waals surface area contributed by atoms with Crippen molar-refractivity contribution in [1.29, 1.82) is 0 Å². The molecule has 0 atom stereocenters. The molecule has 0 spiro atoms. The van der Waals surface area contributed by atoms with E-state index < -0.39 is 0 Å². The van der Waals surface area contributed by atoms with Crippen molar-refractivity contribution < 1.29 is 4.74 Å². The third-order valence-corrected chi connectivity index (χ3v) is 4.68. The van der Waals surface area contributed by atoms with Gasteiger partial charge in [0.1, 0.15) is 10.7 Å². The summed E-state index contributed by atoms with van der Waals surface area (Å²) in [7, 11) is 1.67. The Labute approximate surface area is 119 Å². The molecule has 2 saturated carbocycles. The number of hydrogen-bond donors (Lipinski definition) is 2. The number of methoxy groups -OCH3 is 1. The van der Waals surface area contributed by atoms with Gasteiger partial charge in [-0.05, 0) is 49.1 Å². The van der Waals surface area contributed by atoms with Crippen molar-refractivity contribution in [3.8, 4) is 5.75 Å². The zero-order chi connectivity index (χ0) is 13.5. The molecule has 0 aromatic heterocycles. The van der Waals surface area contributed by atoms with Crippen LogP contribution in [0.4, 0.5) is 5.69 Å². The van der Waals surface area contributed by atoms with Crippen molar-refractivity contribution in [3.63, 3.8) is 0 Å². The van der Waals surface area contributed by atoms with E-state index in [4.69, 9.17) is 22.7 Å². The van der Waals surface area contributed by atoms with Crippen molar-refractivity contribution in [1.82, 2.24) is 0 Å². The monoisotopic (exact) mass is 276 g/mol. The SMILES string of the molecule is COc1ccc(C(N)=S)c(NCC2(C3CC3)CC2)c1. The highest BCUT2D eigenvalue weighted by Gasteiger charge is 2.53. The Morgan fingerprint density at radius 3 is 2.74 bits per heavy atom. The van der Waals surface area contributed by atoms with Crippen LogP contribution in [0.2, 0.25) is 0 Å². The molecule has 19 heavy (non-hydrogen) atoms. The second kappa shape index (κ2) is 4.67. The van der Waals surface area contributed by atoms with Gasteiger partial charge in [0.2, 0.25) is 0 Å². The summed E-state index contributed by atoms with van der Waals surface area (Å²) in [4.78, 5) is 0.432. The van der Waals surface area contributed by atoms with Crippen molar-refractivity contribution in [2.75, 3.05) is 19.0 Å². The van der Waals surface area contributed by atoms with Gasteiger partial charge in [-0.1, -0.05) is 12.2 Å². The van der Waals surface area contributed by atoms with E-state index in [1.165, 1.54) is 25.7 Å². The summed E-state index contributed by atoms with van der Waals surface area (Å²) in [5.41, 5.74) is 8.24. The summed E-state index contributed by atoms with van der Waals surface area (Å²) in [6.45, 7) is 1.03. The predicted molar refractivity (Wildman–Crippen MR) is 81.8 cm³/mol. The Balaban J connectivity index is 1.76. The zero-order valence-corrected chi connectivity index (χ0v) is 12.1. The maximum atomic E-state index is 5.78. The Morgan fingerprint density at radius 1 is 1.47 bits per heavy atom. The van der Waals surface area contributed by atoms with Gasteiger partial charge in [0.25, 0.3) is 0 Å². The quantitative estimate of drug-likeness (QED) is 0.784. The van der Waals surface area contributed by atoms with Crippen LogP contribution in [0, 0.1) is 11.3 Å². The summed E-state index contributed by atoms with van der Waals surface area (Å²) in [5.74, 6) is 1.78. The molecule has 102 valence electrons. The van der Waals surface area contributed by atoms with E-state index in [9.17, 15) is 0 Å². The number of hydrogen-bond acceptors (Lipinski definition) is 3. The molecule has 0 heterocycles. The molecule has 0 aliphatic heterocycles. The van der Waals surface area contributed by atoms with Crippen molar-refractivity contribution in [2.24, 2.45) is 17.1 Å². The topological polar surface area (TPSA) is 47.3 Å². The van der Waals surface area contributed by atoms with Crippen LogP contribution < -0.4 is 15.8 Å². The van der Waals surface area contributed by atoms with E-state index in [1.807, 2.05) is 18.2 Å².